The summed E-state index contributed by atoms with van der Waals surface area (Å²) < 4.78 is 12.2. The zero-order chi connectivity index (χ0) is 6.15. The van der Waals surface area contributed by atoms with Gasteiger partial charge < -0.3 is 4.98 Å². The number of aromatic nitrogens is 1. The molecule has 0 bridgehead atoms. The van der Waals surface area contributed by atoms with Crippen LogP contribution in [-0.4, -0.2) is 4.98 Å². The number of aryl methyl sites for hydroxylation is 1. The molecule has 0 amide bonds. The molecule has 0 atom stereocenters. The lowest BCUT2D eigenvalue weighted by Crippen LogP contribution is -1.66. The van der Waals surface area contributed by atoms with Crippen molar-refractivity contribution < 1.29 is 4.39 Å². The quantitative estimate of drug-likeness (QED) is 0.558. The molecule has 1 N–H and O–H groups in total. The van der Waals surface area contributed by atoms with E-state index in [4.69, 9.17) is 11.6 Å². The van der Waals surface area contributed by atoms with Crippen LogP contribution in [0.5, 0.6) is 0 Å². The Balaban J connectivity index is 3.19. The van der Waals surface area contributed by atoms with Crippen LogP contribution in [0.4, 0.5) is 4.39 Å². The number of H-pyrrole nitrogens is 1. The Hall–Kier alpha value is -0.500. The van der Waals surface area contributed by atoms with Gasteiger partial charge in [-0.2, -0.15) is 0 Å². The van der Waals surface area contributed by atoms with Gasteiger partial charge in [0.15, 0.2) is 5.82 Å². The second kappa shape index (κ2) is 1.78. The topological polar surface area (TPSA) is 15.8 Å². The Bertz CT molecular complexity index is 175. The van der Waals surface area contributed by atoms with Crippen LogP contribution in [0.2, 0.25) is 5.02 Å². The third-order valence-electron chi connectivity index (χ3n) is 0.954. The van der Waals surface area contributed by atoms with E-state index in [1.165, 1.54) is 6.20 Å². The number of nitrogens with one attached hydrogen (secondary N) is 1. The molecule has 44 valence electrons. The molecule has 0 aliphatic rings. The van der Waals surface area contributed by atoms with Crippen LogP contribution in [0.3, 0.4) is 0 Å². The van der Waals surface area contributed by atoms with E-state index in [1.807, 2.05) is 0 Å². The molecule has 0 spiro atoms. The maximum Gasteiger partial charge on any atom is 0.159 e. The predicted octanol–water partition coefficient (Wildman–Crippen LogP) is 2.12. The van der Waals surface area contributed by atoms with Gasteiger partial charge in [0.2, 0.25) is 0 Å². The Morgan fingerprint density at radius 2 is 2.38 bits per heavy atom. The van der Waals surface area contributed by atoms with E-state index in [2.05, 4.69) is 4.98 Å². The van der Waals surface area contributed by atoms with Crippen LogP contribution >= 0.6 is 11.6 Å². The van der Waals surface area contributed by atoms with E-state index in [9.17, 15) is 4.39 Å². The average molecular weight is 134 g/mol. The fourth-order valence-corrected chi connectivity index (χ4v) is 0.587. The van der Waals surface area contributed by atoms with Crippen molar-refractivity contribution in [1.82, 2.24) is 4.98 Å². The van der Waals surface area contributed by atoms with Crippen LogP contribution in [0.25, 0.3) is 0 Å². The first-order valence-electron chi connectivity index (χ1n) is 2.21. The zero-order valence-electron chi connectivity index (χ0n) is 4.33. The summed E-state index contributed by atoms with van der Waals surface area (Å²) in [5.41, 5.74) is 0.671. The summed E-state index contributed by atoms with van der Waals surface area (Å²) in [7, 11) is 0. The van der Waals surface area contributed by atoms with Gasteiger partial charge in [-0.3, -0.25) is 0 Å². The lowest BCUT2D eigenvalue weighted by atomic mass is 10.5. The predicted molar refractivity (Wildman–Crippen MR) is 30.5 cm³/mol. The SMILES string of the molecule is Cc1[nH]cc(F)c1Cl. The fourth-order valence-electron chi connectivity index (χ4n) is 0.477. The van der Waals surface area contributed by atoms with E-state index < -0.39 is 0 Å². The number of aromatic amines is 1. The third-order valence-corrected chi connectivity index (χ3v) is 1.42. The molecule has 0 saturated heterocycles. The van der Waals surface area contributed by atoms with Crippen molar-refractivity contribution >= 4 is 11.6 Å². The molecular weight excluding hydrogens is 129 g/mol. The van der Waals surface area contributed by atoms with E-state index in [0.29, 0.717) is 5.69 Å². The fraction of sp³-hybridized carbons (Fsp3) is 0.200. The van der Waals surface area contributed by atoms with Gasteiger partial charge >= 0.3 is 0 Å². The van der Waals surface area contributed by atoms with Gasteiger partial charge in [-0.25, -0.2) is 4.39 Å². The van der Waals surface area contributed by atoms with Crippen molar-refractivity contribution in [3.05, 3.63) is 22.7 Å². The molecule has 1 rings (SSSR count). The van der Waals surface area contributed by atoms with Crippen molar-refractivity contribution in [1.29, 1.82) is 0 Å². The number of rotatable bonds is 0. The third kappa shape index (κ3) is 0.713. The second-order valence-electron chi connectivity index (χ2n) is 1.58. The minimum atomic E-state index is -0.385. The molecule has 1 aromatic heterocycles. The van der Waals surface area contributed by atoms with Crippen molar-refractivity contribution in [3.8, 4) is 0 Å². The Morgan fingerprint density at radius 3 is 2.50 bits per heavy atom. The molecule has 0 saturated carbocycles. The number of hydrogen-bond donors (Lipinski definition) is 1. The van der Waals surface area contributed by atoms with Crippen LogP contribution in [-0.2, 0) is 0 Å². The Morgan fingerprint density at radius 1 is 1.75 bits per heavy atom. The summed E-state index contributed by atoms with van der Waals surface area (Å²) in [5, 5.41) is 0.185. The van der Waals surface area contributed by atoms with Gasteiger partial charge in [0, 0.05) is 11.9 Å². The van der Waals surface area contributed by atoms with Gasteiger partial charge in [0.1, 0.15) is 0 Å². The number of halogens is 2. The van der Waals surface area contributed by atoms with Crippen LogP contribution < -0.4 is 0 Å². The molecule has 0 aliphatic heterocycles. The largest absolute Gasteiger partial charge is 0.361 e. The van der Waals surface area contributed by atoms with E-state index in [0.717, 1.165) is 0 Å². The molecule has 1 aromatic rings. The standard InChI is InChI=1S/C5H5ClFN/c1-3-5(6)4(7)2-8-3/h2,8H,1H3. The van der Waals surface area contributed by atoms with Crippen molar-refractivity contribution in [2.24, 2.45) is 0 Å². The molecule has 1 heterocycles. The van der Waals surface area contributed by atoms with Gasteiger partial charge in [0.25, 0.3) is 0 Å². The maximum absolute atomic E-state index is 12.2. The minimum Gasteiger partial charge on any atom is -0.361 e. The summed E-state index contributed by atoms with van der Waals surface area (Å²) in [6.07, 6.45) is 1.23. The summed E-state index contributed by atoms with van der Waals surface area (Å²) in [6, 6.07) is 0. The summed E-state index contributed by atoms with van der Waals surface area (Å²) >= 11 is 5.39. The van der Waals surface area contributed by atoms with Gasteiger partial charge in [0.05, 0.1) is 5.02 Å². The first-order valence-corrected chi connectivity index (χ1v) is 2.58. The Labute approximate surface area is 51.5 Å². The lowest BCUT2D eigenvalue weighted by molar-refractivity contribution is 0.630. The highest BCUT2D eigenvalue weighted by atomic mass is 35.5. The van der Waals surface area contributed by atoms with Gasteiger partial charge in [-0.15, -0.1) is 0 Å². The van der Waals surface area contributed by atoms with Crippen LogP contribution in [0.1, 0.15) is 5.69 Å². The lowest BCUT2D eigenvalue weighted by Gasteiger charge is -1.80. The first kappa shape index (κ1) is 5.63. The normalized spacial score (nSPS) is 9.88. The molecule has 0 fully saturated rings. The highest BCUT2D eigenvalue weighted by molar-refractivity contribution is 6.31. The summed E-state index contributed by atoms with van der Waals surface area (Å²) in [5.74, 6) is -0.385. The summed E-state index contributed by atoms with van der Waals surface area (Å²) in [4.78, 5) is 2.63. The molecule has 8 heavy (non-hydrogen) atoms. The second-order valence-corrected chi connectivity index (χ2v) is 1.95. The van der Waals surface area contributed by atoms with E-state index in [1.54, 1.807) is 6.92 Å². The van der Waals surface area contributed by atoms with Gasteiger partial charge in [-0.1, -0.05) is 11.6 Å². The minimum absolute atomic E-state index is 0.185. The number of hydrogen-bond acceptors (Lipinski definition) is 0. The molecule has 0 aliphatic carbocycles. The molecule has 3 heteroatoms. The smallest absolute Gasteiger partial charge is 0.159 e. The molecule has 0 radical (unpaired) electrons. The molecule has 0 unspecified atom stereocenters. The van der Waals surface area contributed by atoms with Crippen molar-refractivity contribution in [2.75, 3.05) is 0 Å². The van der Waals surface area contributed by atoms with Crippen molar-refractivity contribution in [3.63, 3.8) is 0 Å². The average Bonchev–Trinajstić information content (AvgIpc) is 1.98. The van der Waals surface area contributed by atoms with Crippen molar-refractivity contribution in [2.45, 2.75) is 6.92 Å². The zero-order valence-corrected chi connectivity index (χ0v) is 5.09. The maximum atomic E-state index is 12.2. The first-order chi connectivity index (χ1) is 3.72. The molecule has 1 nitrogen and oxygen atoms in total. The van der Waals surface area contributed by atoms with Crippen LogP contribution in [0.15, 0.2) is 6.20 Å². The molecular formula is C5H5ClFN. The van der Waals surface area contributed by atoms with E-state index in [-0.39, 0.29) is 10.8 Å². The van der Waals surface area contributed by atoms with Gasteiger partial charge in [-0.05, 0) is 6.92 Å². The van der Waals surface area contributed by atoms with Crippen LogP contribution in [0, 0.1) is 12.7 Å². The molecule has 0 aromatic carbocycles. The highest BCUT2D eigenvalue weighted by Crippen LogP contribution is 2.16. The van der Waals surface area contributed by atoms with E-state index >= 15 is 0 Å². The Kier molecular flexibility index (Phi) is 1.26. The highest BCUT2D eigenvalue weighted by Gasteiger charge is 2.01. The monoisotopic (exact) mass is 133 g/mol. The summed E-state index contributed by atoms with van der Waals surface area (Å²) in [6.45, 7) is 1.71.